The summed E-state index contributed by atoms with van der Waals surface area (Å²) in [6, 6.07) is 14.4. The third-order valence-electron chi connectivity index (χ3n) is 7.95. The highest BCUT2D eigenvalue weighted by atomic mass is 16.5. The second-order valence-electron chi connectivity index (χ2n) is 10.6. The third-order valence-corrected chi connectivity index (χ3v) is 7.95. The Balaban J connectivity index is 1.07. The highest BCUT2D eigenvalue weighted by molar-refractivity contribution is 6.05. The molecule has 2 atom stereocenters. The Hall–Kier alpha value is -4.47. The number of amides is 4. The van der Waals surface area contributed by atoms with Crippen LogP contribution in [0.5, 0.6) is 5.75 Å². The predicted octanol–water partition coefficient (Wildman–Crippen LogP) is 2.64. The lowest BCUT2D eigenvalue weighted by molar-refractivity contribution is -0.137. The number of carbonyl (C=O) groups is 4. The van der Waals surface area contributed by atoms with Crippen molar-refractivity contribution in [2.75, 3.05) is 13.2 Å². The van der Waals surface area contributed by atoms with Crippen LogP contribution in [0.25, 0.3) is 5.69 Å². The minimum absolute atomic E-state index is 0.0283. The number of rotatable bonds is 7. The Kier molecular flexibility index (Phi) is 7.06. The van der Waals surface area contributed by atoms with Gasteiger partial charge in [0.05, 0.1) is 18.2 Å². The van der Waals surface area contributed by atoms with Gasteiger partial charge in [-0.15, -0.1) is 0 Å². The summed E-state index contributed by atoms with van der Waals surface area (Å²) in [6.45, 7) is 1.37. The molecule has 4 amide bonds. The normalized spacial score (nSPS) is 20.9. The summed E-state index contributed by atoms with van der Waals surface area (Å²) in [5.41, 5.74) is 3.24. The van der Waals surface area contributed by atoms with Crippen molar-refractivity contribution in [1.82, 2.24) is 24.9 Å². The second-order valence-corrected chi connectivity index (χ2v) is 10.6. The van der Waals surface area contributed by atoms with Crippen LogP contribution in [-0.4, -0.2) is 68.4 Å². The maximum absolute atomic E-state index is 13.3. The molecule has 0 aliphatic carbocycles. The van der Waals surface area contributed by atoms with E-state index in [0.29, 0.717) is 43.9 Å². The van der Waals surface area contributed by atoms with E-state index < -0.39 is 11.9 Å². The van der Waals surface area contributed by atoms with E-state index in [1.54, 1.807) is 23.0 Å². The minimum Gasteiger partial charge on any atom is -0.491 e. The molecule has 10 nitrogen and oxygen atoms in total. The summed E-state index contributed by atoms with van der Waals surface area (Å²) >= 11 is 0. The standard InChI is InChI=1S/C30H31N5O5/c36-27-12-11-26(29(38)32-27)34-18-21-17-24(9-10-25(21)30(34)39)40-19-23-4-1-2-14-33(23)28(37)16-20-5-7-22(8-6-20)35-15-3-13-31-35/h3,5-10,13,15,17,23,26H,1-2,4,11-12,14,16,18-19H2,(H,32,36,38)/t23-,26?/m0/s1. The van der Waals surface area contributed by atoms with E-state index in [-0.39, 0.29) is 30.2 Å². The zero-order chi connectivity index (χ0) is 27.6. The van der Waals surface area contributed by atoms with Crippen LogP contribution >= 0.6 is 0 Å². The Morgan fingerprint density at radius 2 is 1.90 bits per heavy atom. The number of benzene rings is 2. The van der Waals surface area contributed by atoms with E-state index in [1.807, 2.05) is 47.5 Å². The molecule has 2 saturated heterocycles. The maximum Gasteiger partial charge on any atom is 0.255 e. The first-order valence-corrected chi connectivity index (χ1v) is 13.7. The number of ether oxygens (including phenoxy) is 1. The number of nitrogens with one attached hydrogen (secondary N) is 1. The first kappa shape index (κ1) is 25.8. The number of fused-ring (bicyclic) bond motifs is 1. The molecule has 206 valence electrons. The molecule has 1 aromatic heterocycles. The Bertz CT molecular complexity index is 1440. The molecule has 0 saturated carbocycles. The molecular formula is C30H31N5O5. The van der Waals surface area contributed by atoms with Gasteiger partial charge in [0.1, 0.15) is 18.4 Å². The molecule has 6 rings (SSSR count). The smallest absolute Gasteiger partial charge is 0.255 e. The topological polar surface area (TPSA) is 114 Å². The molecule has 3 aliphatic heterocycles. The maximum atomic E-state index is 13.3. The van der Waals surface area contributed by atoms with Crippen LogP contribution in [0.1, 0.15) is 53.6 Å². The molecule has 2 aromatic carbocycles. The fraction of sp³-hybridized carbons (Fsp3) is 0.367. The molecule has 3 aliphatic rings. The van der Waals surface area contributed by atoms with Gasteiger partial charge >= 0.3 is 0 Å². The Morgan fingerprint density at radius 3 is 2.67 bits per heavy atom. The predicted molar refractivity (Wildman–Crippen MR) is 145 cm³/mol. The van der Waals surface area contributed by atoms with E-state index >= 15 is 0 Å². The number of hydrogen-bond acceptors (Lipinski definition) is 6. The molecule has 40 heavy (non-hydrogen) atoms. The van der Waals surface area contributed by atoms with Gasteiger partial charge in [-0.1, -0.05) is 12.1 Å². The van der Waals surface area contributed by atoms with Crippen molar-refractivity contribution in [3.05, 3.63) is 77.6 Å². The van der Waals surface area contributed by atoms with Gasteiger partial charge < -0.3 is 14.5 Å². The molecule has 0 spiro atoms. The van der Waals surface area contributed by atoms with Crippen LogP contribution in [0, 0.1) is 0 Å². The molecule has 1 N–H and O–H groups in total. The van der Waals surface area contributed by atoms with E-state index in [1.165, 1.54) is 4.90 Å². The van der Waals surface area contributed by atoms with E-state index in [9.17, 15) is 19.2 Å². The largest absolute Gasteiger partial charge is 0.491 e. The Morgan fingerprint density at radius 1 is 1.05 bits per heavy atom. The van der Waals surface area contributed by atoms with Gasteiger partial charge in [-0.25, -0.2) is 4.68 Å². The van der Waals surface area contributed by atoms with Crippen molar-refractivity contribution < 1.29 is 23.9 Å². The van der Waals surface area contributed by atoms with E-state index in [2.05, 4.69) is 10.4 Å². The molecule has 0 bridgehead atoms. The number of hydrogen-bond donors (Lipinski definition) is 1. The average molecular weight is 542 g/mol. The fourth-order valence-corrected chi connectivity index (χ4v) is 5.80. The van der Waals surface area contributed by atoms with E-state index in [0.717, 1.165) is 36.1 Å². The van der Waals surface area contributed by atoms with Gasteiger partial charge in [0.2, 0.25) is 17.7 Å². The van der Waals surface area contributed by atoms with Gasteiger partial charge in [-0.05, 0) is 73.2 Å². The van der Waals surface area contributed by atoms with Crippen LogP contribution in [0.15, 0.2) is 60.9 Å². The van der Waals surface area contributed by atoms with Crippen molar-refractivity contribution in [1.29, 1.82) is 0 Å². The van der Waals surface area contributed by atoms with Crippen LogP contribution < -0.4 is 10.1 Å². The Labute approximate surface area is 231 Å². The molecule has 1 unspecified atom stereocenters. The molecule has 0 radical (unpaired) electrons. The number of nitrogens with zero attached hydrogens (tertiary/aromatic N) is 4. The van der Waals surface area contributed by atoms with Crippen molar-refractivity contribution in [2.45, 2.75) is 57.2 Å². The zero-order valence-corrected chi connectivity index (χ0v) is 22.1. The lowest BCUT2D eigenvalue weighted by atomic mass is 10.0. The fourth-order valence-electron chi connectivity index (χ4n) is 5.80. The second kappa shape index (κ2) is 11.0. The van der Waals surface area contributed by atoms with Crippen LogP contribution in [-0.2, 0) is 27.3 Å². The average Bonchev–Trinajstić information content (AvgIpc) is 3.61. The monoisotopic (exact) mass is 541 g/mol. The highest BCUT2D eigenvalue weighted by Crippen LogP contribution is 2.30. The summed E-state index contributed by atoms with van der Waals surface area (Å²) in [7, 11) is 0. The number of imide groups is 1. The van der Waals surface area contributed by atoms with Gasteiger partial charge in [0, 0.05) is 37.5 Å². The van der Waals surface area contributed by atoms with Gasteiger partial charge in [-0.2, -0.15) is 5.10 Å². The minimum atomic E-state index is -0.648. The number of likely N-dealkylation sites (tertiary alicyclic amines) is 1. The van der Waals surface area contributed by atoms with Crippen molar-refractivity contribution in [2.24, 2.45) is 0 Å². The highest BCUT2D eigenvalue weighted by Gasteiger charge is 2.39. The molecule has 3 aromatic rings. The molecule has 10 heteroatoms. The third kappa shape index (κ3) is 5.21. The molecule has 2 fully saturated rings. The van der Waals surface area contributed by atoms with Crippen LogP contribution in [0.4, 0.5) is 0 Å². The summed E-state index contributed by atoms with van der Waals surface area (Å²) in [4.78, 5) is 53.5. The number of piperidine rings is 2. The summed E-state index contributed by atoms with van der Waals surface area (Å²) < 4.78 is 7.93. The summed E-state index contributed by atoms with van der Waals surface area (Å²) in [6.07, 6.45) is 7.36. The SMILES string of the molecule is O=C1CCC(N2Cc3cc(OC[C@@H]4CCCCN4C(=O)Cc4ccc(-n5cccn5)cc4)ccc3C2=O)C(=O)N1. The van der Waals surface area contributed by atoms with Gasteiger partial charge in [-0.3, -0.25) is 24.5 Å². The number of aromatic nitrogens is 2. The van der Waals surface area contributed by atoms with Gasteiger partial charge in [0.15, 0.2) is 0 Å². The van der Waals surface area contributed by atoms with Crippen LogP contribution in [0.2, 0.25) is 0 Å². The van der Waals surface area contributed by atoms with Crippen molar-refractivity contribution >= 4 is 23.6 Å². The molecule has 4 heterocycles. The lowest BCUT2D eigenvalue weighted by Gasteiger charge is -2.35. The molecular weight excluding hydrogens is 510 g/mol. The van der Waals surface area contributed by atoms with Crippen molar-refractivity contribution in [3.63, 3.8) is 0 Å². The lowest BCUT2D eigenvalue weighted by Crippen LogP contribution is -2.52. The van der Waals surface area contributed by atoms with E-state index in [4.69, 9.17) is 4.74 Å². The number of carbonyl (C=O) groups excluding carboxylic acids is 4. The summed E-state index contributed by atoms with van der Waals surface area (Å²) in [5.74, 6) is -0.231. The van der Waals surface area contributed by atoms with Crippen molar-refractivity contribution in [3.8, 4) is 11.4 Å². The zero-order valence-electron chi connectivity index (χ0n) is 22.1. The quantitative estimate of drug-likeness (QED) is 0.460. The first-order valence-electron chi connectivity index (χ1n) is 13.7. The van der Waals surface area contributed by atoms with Crippen LogP contribution in [0.3, 0.4) is 0 Å². The van der Waals surface area contributed by atoms with Gasteiger partial charge in [0.25, 0.3) is 5.91 Å². The summed E-state index contributed by atoms with van der Waals surface area (Å²) in [5, 5.41) is 6.57. The first-order chi connectivity index (χ1) is 19.5.